The fourth-order valence-corrected chi connectivity index (χ4v) is 0.924. The van der Waals surface area contributed by atoms with Crippen molar-refractivity contribution in [3.8, 4) is 5.75 Å². The Bertz CT molecular complexity index is 346. The number of nitrogen functional groups attached to an aromatic ring is 1. The molecule has 0 atom stereocenters. The summed E-state index contributed by atoms with van der Waals surface area (Å²) in [6, 6.07) is 6.07. The molecule has 1 amide bonds. The van der Waals surface area contributed by atoms with Crippen LogP contribution in [0.3, 0.4) is 0 Å². The standard InChI is InChI=1S/C9H10N2O3/c1-6(12)14-8-4-2-7(3-5-8)9(13)11-10/h2-5H,10H2,1H3,(H,11,13). The summed E-state index contributed by atoms with van der Waals surface area (Å²) in [6.45, 7) is 1.31. The maximum Gasteiger partial charge on any atom is 0.308 e. The van der Waals surface area contributed by atoms with E-state index in [-0.39, 0.29) is 5.91 Å². The molecule has 1 aromatic rings. The van der Waals surface area contributed by atoms with Gasteiger partial charge in [0, 0.05) is 12.5 Å². The van der Waals surface area contributed by atoms with E-state index in [9.17, 15) is 9.59 Å². The van der Waals surface area contributed by atoms with Gasteiger partial charge in [-0.2, -0.15) is 0 Å². The van der Waals surface area contributed by atoms with Crippen LogP contribution in [-0.2, 0) is 4.79 Å². The van der Waals surface area contributed by atoms with Crippen molar-refractivity contribution >= 4 is 11.9 Å². The van der Waals surface area contributed by atoms with E-state index in [1.54, 1.807) is 0 Å². The molecule has 1 aromatic carbocycles. The van der Waals surface area contributed by atoms with Crippen LogP contribution in [0.2, 0.25) is 0 Å². The molecule has 0 heterocycles. The summed E-state index contributed by atoms with van der Waals surface area (Å²) in [5, 5.41) is 0. The highest BCUT2D eigenvalue weighted by molar-refractivity contribution is 5.93. The topological polar surface area (TPSA) is 81.4 Å². The maximum atomic E-state index is 11.0. The van der Waals surface area contributed by atoms with Crippen molar-refractivity contribution in [3.63, 3.8) is 0 Å². The van der Waals surface area contributed by atoms with Crippen LogP contribution in [0.15, 0.2) is 24.3 Å². The highest BCUT2D eigenvalue weighted by Gasteiger charge is 2.03. The molecule has 0 unspecified atom stereocenters. The molecule has 0 aliphatic heterocycles. The molecule has 74 valence electrons. The van der Waals surface area contributed by atoms with E-state index in [1.165, 1.54) is 31.2 Å². The van der Waals surface area contributed by atoms with Crippen LogP contribution < -0.4 is 16.0 Å². The Balaban J connectivity index is 2.78. The lowest BCUT2D eigenvalue weighted by atomic mass is 10.2. The molecule has 0 aliphatic rings. The first-order chi connectivity index (χ1) is 6.63. The minimum atomic E-state index is -0.402. The molecule has 0 radical (unpaired) electrons. The average molecular weight is 194 g/mol. The zero-order valence-corrected chi connectivity index (χ0v) is 7.61. The summed E-state index contributed by atoms with van der Waals surface area (Å²) in [6.07, 6.45) is 0. The Kier molecular flexibility index (Phi) is 3.19. The smallest absolute Gasteiger partial charge is 0.308 e. The fourth-order valence-electron chi connectivity index (χ4n) is 0.924. The number of rotatable bonds is 2. The predicted octanol–water partition coefficient (Wildman–Crippen LogP) is 0.215. The van der Waals surface area contributed by atoms with E-state index < -0.39 is 5.97 Å². The van der Waals surface area contributed by atoms with Gasteiger partial charge >= 0.3 is 5.97 Å². The van der Waals surface area contributed by atoms with E-state index in [4.69, 9.17) is 10.6 Å². The first-order valence-electron chi connectivity index (χ1n) is 3.93. The Hall–Kier alpha value is -1.88. The number of hydrogen-bond donors (Lipinski definition) is 2. The first kappa shape index (κ1) is 10.2. The van der Waals surface area contributed by atoms with Crippen LogP contribution in [0, 0.1) is 0 Å². The van der Waals surface area contributed by atoms with Gasteiger partial charge in [-0.15, -0.1) is 0 Å². The predicted molar refractivity (Wildman–Crippen MR) is 49.4 cm³/mol. The SMILES string of the molecule is CC(=O)Oc1ccc(C(=O)NN)cc1. The van der Waals surface area contributed by atoms with Gasteiger partial charge < -0.3 is 4.74 Å². The second-order valence-electron chi connectivity index (χ2n) is 2.59. The third-order valence-electron chi connectivity index (χ3n) is 1.51. The van der Waals surface area contributed by atoms with Crippen molar-refractivity contribution in [1.82, 2.24) is 5.43 Å². The normalized spacial score (nSPS) is 9.29. The van der Waals surface area contributed by atoms with Gasteiger partial charge in [0.15, 0.2) is 0 Å². The molecule has 0 aliphatic carbocycles. The molecule has 0 fully saturated rings. The second kappa shape index (κ2) is 4.38. The zero-order chi connectivity index (χ0) is 10.6. The lowest BCUT2D eigenvalue weighted by Crippen LogP contribution is -2.29. The monoisotopic (exact) mass is 194 g/mol. The van der Waals surface area contributed by atoms with Crippen LogP contribution in [0.5, 0.6) is 5.75 Å². The van der Waals surface area contributed by atoms with Crippen molar-refractivity contribution in [2.75, 3.05) is 0 Å². The van der Waals surface area contributed by atoms with Crippen LogP contribution in [-0.4, -0.2) is 11.9 Å². The Morgan fingerprint density at radius 3 is 2.29 bits per heavy atom. The third-order valence-corrected chi connectivity index (χ3v) is 1.51. The number of ether oxygens (including phenoxy) is 1. The van der Waals surface area contributed by atoms with Crippen LogP contribution in [0.1, 0.15) is 17.3 Å². The minimum absolute atomic E-state index is 0.389. The number of nitrogens with one attached hydrogen (secondary N) is 1. The molecule has 3 N–H and O–H groups in total. The third kappa shape index (κ3) is 2.56. The Morgan fingerprint density at radius 1 is 1.29 bits per heavy atom. The van der Waals surface area contributed by atoms with Gasteiger partial charge in [0.2, 0.25) is 0 Å². The van der Waals surface area contributed by atoms with Gasteiger partial charge in [-0.3, -0.25) is 15.0 Å². The van der Waals surface area contributed by atoms with Crippen LogP contribution >= 0.6 is 0 Å². The zero-order valence-electron chi connectivity index (χ0n) is 7.61. The van der Waals surface area contributed by atoms with Crippen molar-refractivity contribution in [2.24, 2.45) is 5.84 Å². The quantitative estimate of drug-likeness (QED) is 0.232. The first-order valence-corrected chi connectivity index (χ1v) is 3.93. The molecule has 0 saturated carbocycles. The van der Waals surface area contributed by atoms with Crippen molar-refractivity contribution in [1.29, 1.82) is 0 Å². The summed E-state index contributed by atoms with van der Waals surface area (Å²) >= 11 is 0. The lowest BCUT2D eigenvalue weighted by Gasteiger charge is -2.02. The molecule has 0 aromatic heterocycles. The molecule has 0 spiro atoms. The maximum absolute atomic E-state index is 11.0. The van der Waals surface area contributed by atoms with Gasteiger partial charge in [-0.25, -0.2) is 5.84 Å². The van der Waals surface area contributed by atoms with Crippen molar-refractivity contribution in [3.05, 3.63) is 29.8 Å². The second-order valence-corrected chi connectivity index (χ2v) is 2.59. The number of amides is 1. The van der Waals surface area contributed by atoms with Crippen LogP contribution in [0.25, 0.3) is 0 Å². The Labute approximate surface area is 80.8 Å². The molecule has 0 bridgehead atoms. The van der Waals surface area contributed by atoms with Crippen molar-refractivity contribution < 1.29 is 14.3 Å². The van der Waals surface area contributed by atoms with E-state index in [0.717, 1.165) is 0 Å². The summed E-state index contributed by atoms with van der Waals surface area (Å²) < 4.78 is 4.78. The van der Waals surface area contributed by atoms with E-state index in [0.29, 0.717) is 11.3 Å². The van der Waals surface area contributed by atoms with Gasteiger partial charge in [-0.1, -0.05) is 0 Å². The summed E-state index contributed by atoms with van der Waals surface area (Å²) in [7, 11) is 0. The average Bonchev–Trinajstić information content (AvgIpc) is 2.17. The number of nitrogens with two attached hydrogens (primary N) is 1. The number of carbonyl (C=O) groups is 2. The minimum Gasteiger partial charge on any atom is -0.427 e. The summed E-state index contributed by atoms with van der Waals surface area (Å²) in [5.74, 6) is 4.54. The molecule has 1 rings (SSSR count). The van der Waals surface area contributed by atoms with Gasteiger partial charge in [0.25, 0.3) is 5.91 Å². The highest BCUT2D eigenvalue weighted by atomic mass is 16.5. The molecule has 5 nitrogen and oxygen atoms in total. The summed E-state index contributed by atoms with van der Waals surface area (Å²) in [5.41, 5.74) is 2.40. The van der Waals surface area contributed by atoms with E-state index >= 15 is 0 Å². The van der Waals surface area contributed by atoms with E-state index in [1.807, 2.05) is 5.43 Å². The van der Waals surface area contributed by atoms with Gasteiger partial charge in [0.05, 0.1) is 0 Å². The summed E-state index contributed by atoms with van der Waals surface area (Å²) in [4.78, 5) is 21.6. The fraction of sp³-hybridized carbons (Fsp3) is 0.111. The van der Waals surface area contributed by atoms with E-state index in [2.05, 4.69) is 0 Å². The van der Waals surface area contributed by atoms with Crippen molar-refractivity contribution in [2.45, 2.75) is 6.92 Å². The number of esters is 1. The number of hydrazine groups is 1. The Morgan fingerprint density at radius 2 is 1.86 bits per heavy atom. The van der Waals surface area contributed by atoms with Crippen LogP contribution in [0.4, 0.5) is 0 Å². The van der Waals surface area contributed by atoms with Gasteiger partial charge in [-0.05, 0) is 24.3 Å². The molecular formula is C9H10N2O3. The highest BCUT2D eigenvalue weighted by Crippen LogP contribution is 2.11. The molecule has 0 saturated heterocycles. The number of benzene rings is 1. The molecule has 14 heavy (non-hydrogen) atoms. The number of hydrogen-bond acceptors (Lipinski definition) is 4. The lowest BCUT2D eigenvalue weighted by molar-refractivity contribution is -0.131. The molecule has 5 heteroatoms. The largest absolute Gasteiger partial charge is 0.427 e. The number of carbonyl (C=O) groups excluding carboxylic acids is 2. The van der Waals surface area contributed by atoms with Gasteiger partial charge in [0.1, 0.15) is 5.75 Å². The molecular weight excluding hydrogens is 184 g/mol.